The fourth-order valence-corrected chi connectivity index (χ4v) is 3.82. The van der Waals surface area contributed by atoms with Gasteiger partial charge in [0.1, 0.15) is 19.0 Å². The van der Waals surface area contributed by atoms with Crippen LogP contribution in [0.2, 0.25) is 0 Å². The largest absolute Gasteiger partial charge is 0.490 e. The van der Waals surface area contributed by atoms with E-state index in [-0.39, 0.29) is 37.9 Å². The monoisotopic (exact) mass is 380 g/mol. The van der Waals surface area contributed by atoms with E-state index in [9.17, 15) is 14.4 Å². The highest BCUT2D eigenvalue weighted by Crippen LogP contribution is 2.44. The molecule has 7 nitrogen and oxygen atoms in total. The van der Waals surface area contributed by atoms with E-state index in [1.165, 1.54) is 16.8 Å². The lowest BCUT2D eigenvalue weighted by molar-refractivity contribution is -0.157. The van der Waals surface area contributed by atoms with Crippen LogP contribution in [0.3, 0.4) is 0 Å². The summed E-state index contributed by atoms with van der Waals surface area (Å²) in [6.45, 7) is 0.190. The van der Waals surface area contributed by atoms with Gasteiger partial charge < -0.3 is 14.4 Å². The number of carbonyl (C=O) groups is 3. The molecular weight excluding hydrogens is 360 g/mol. The molecule has 0 bridgehead atoms. The Bertz CT molecular complexity index is 929. The average Bonchev–Trinajstić information content (AvgIpc) is 3.08. The Hall–Kier alpha value is -3.35. The van der Waals surface area contributed by atoms with Gasteiger partial charge in [0.15, 0.2) is 0 Å². The van der Waals surface area contributed by atoms with Gasteiger partial charge in [0.2, 0.25) is 11.6 Å². The zero-order valence-corrected chi connectivity index (χ0v) is 15.5. The average molecular weight is 380 g/mol. The smallest absolute Gasteiger partial charge is 0.353 e. The van der Waals surface area contributed by atoms with Gasteiger partial charge in [-0.1, -0.05) is 30.3 Å². The fourth-order valence-electron chi connectivity index (χ4n) is 3.82. The molecule has 0 unspecified atom stereocenters. The summed E-state index contributed by atoms with van der Waals surface area (Å²) in [4.78, 5) is 41.2. The first-order valence-corrected chi connectivity index (χ1v) is 9.11. The molecule has 0 spiro atoms. The third kappa shape index (κ3) is 2.70. The van der Waals surface area contributed by atoms with E-state index in [0.717, 1.165) is 0 Å². The predicted octanol–water partition coefficient (Wildman–Crippen LogP) is 2.22. The molecule has 1 atom stereocenters. The van der Waals surface area contributed by atoms with Crippen molar-refractivity contribution in [3.8, 4) is 5.75 Å². The molecule has 2 aromatic rings. The number of carbonyl (C=O) groups excluding carboxylic acids is 3. The van der Waals surface area contributed by atoms with Crippen LogP contribution in [-0.4, -0.2) is 48.6 Å². The van der Waals surface area contributed by atoms with Crippen molar-refractivity contribution < 1.29 is 23.9 Å². The summed E-state index contributed by atoms with van der Waals surface area (Å²) in [7, 11) is 1.53. The van der Waals surface area contributed by atoms with Crippen molar-refractivity contribution in [2.75, 3.05) is 25.2 Å². The van der Waals surface area contributed by atoms with Gasteiger partial charge in [0.25, 0.3) is 5.91 Å². The van der Waals surface area contributed by atoms with Gasteiger partial charge in [0.05, 0.1) is 11.3 Å². The number of nitrogens with zero attached hydrogens (tertiary/aromatic N) is 2. The van der Waals surface area contributed by atoms with Crippen molar-refractivity contribution in [1.82, 2.24) is 4.90 Å². The van der Waals surface area contributed by atoms with Crippen LogP contribution in [0.15, 0.2) is 54.6 Å². The van der Waals surface area contributed by atoms with E-state index < -0.39 is 11.6 Å². The lowest BCUT2D eigenvalue weighted by Gasteiger charge is -2.46. The fraction of sp³-hybridized carbons (Fsp3) is 0.286. The second-order valence-electron chi connectivity index (χ2n) is 6.72. The molecule has 0 N–H and O–H groups in total. The van der Waals surface area contributed by atoms with Gasteiger partial charge in [0, 0.05) is 19.9 Å². The van der Waals surface area contributed by atoms with Gasteiger partial charge in [-0.2, -0.15) is 0 Å². The topological polar surface area (TPSA) is 76.2 Å². The van der Waals surface area contributed by atoms with Crippen LogP contribution in [0.25, 0.3) is 0 Å². The van der Waals surface area contributed by atoms with Crippen molar-refractivity contribution in [2.24, 2.45) is 0 Å². The standard InChI is InChI=1S/C21H20N2O5/c1-22-19(25)16-9-5-6-10-17(16)23-18(24)11-12-21(22,23)20(26)28-14-13-27-15-7-3-2-4-8-15/h2-10H,11-14H2,1H3/t21-/m0/s1. The highest BCUT2D eigenvalue weighted by Gasteiger charge is 2.60. The minimum absolute atomic E-state index is 0.0151. The lowest BCUT2D eigenvalue weighted by atomic mass is 9.97. The molecular formula is C21H20N2O5. The maximum absolute atomic E-state index is 13.1. The van der Waals surface area contributed by atoms with Crippen LogP contribution < -0.4 is 9.64 Å². The maximum atomic E-state index is 13.1. The molecule has 0 radical (unpaired) electrons. The van der Waals surface area contributed by atoms with Gasteiger partial charge >= 0.3 is 5.97 Å². The number of anilines is 1. The number of amides is 2. The number of rotatable bonds is 5. The Morgan fingerprint density at radius 1 is 1.04 bits per heavy atom. The van der Waals surface area contributed by atoms with Crippen LogP contribution in [-0.2, 0) is 14.3 Å². The highest BCUT2D eigenvalue weighted by molar-refractivity contribution is 6.15. The van der Waals surface area contributed by atoms with Crippen molar-refractivity contribution in [1.29, 1.82) is 0 Å². The second kappa shape index (κ2) is 6.99. The van der Waals surface area contributed by atoms with Crippen molar-refractivity contribution in [3.63, 3.8) is 0 Å². The van der Waals surface area contributed by atoms with Gasteiger partial charge in [-0.3, -0.25) is 14.5 Å². The van der Waals surface area contributed by atoms with Gasteiger partial charge in [-0.05, 0) is 24.3 Å². The molecule has 2 aliphatic heterocycles. The van der Waals surface area contributed by atoms with Crippen LogP contribution in [0.5, 0.6) is 5.75 Å². The number of esters is 1. The second-order valence-corrected chi connectivity index (χ2v) is 6.72. The Morgan fingerprint density at radius 2 is 1.75 bits per heavy atom. The predicted molar refractivity (Wildman–Crippen MR) is 101 cm³/mol. The number of ether oxygens (including phenoxy) is 2. The summed E-state index contributed by atoms with van der Waals surface area (Å²) in [5.74, 6) is -0.461. The Balaban J connectivity index is 1.54. The number of benzene rings is 2. The molecule has 0 aliphatic carbocycles. The van der Waals surface area contributed by atoms with E-state index in [0.29, 0.717) is 17.0 Å². The summed E-state index contributed by atoms with van der Waals surface area (Å²) in [5.41, 5.74) is -0.600. The van der Waals surface area contributed by atoms with E-state index in [1.807, 2.05) is 30.3 Å². The maximum Gasteiger partial charge on any atom is 0.353 e. The van der Waals surface area contributed by atoms with Gasteiger partial charge in [-0.25, -0.2) is 4.79 Å². The SMILES string of the molecule is CN1C(=O)c2ccccc2N2C(=O)CC[C@]12C(=O)OCCOc1ccccc1. The lowest BCUT2D eigenvalue weighted by Crippen LogP contribution is -2.67. The van der Waals surface area contributed by atoms with Crippen molar-refractivity contribution in [3.05, 3.63) is 60.2 Å². The Labute approximate surface area is 162 Å². The summed E-state index contributed by atoms with van der Waals surface area (Å²) in [6.07, 6.45) is 0.363. The number of fused-ring (bicyclic) bond motifs is 3. The van der Waals surface area contributed by atoms with Crippen LogP contribution in [0, 0.1) is 0 Å². The van der Waals surface area contributed by atoms with Crippen LogP contribution in [0.1, 0.15) is 23.2 Å². The van der Waals surface area contributed by atoms with E-state index in [4.69, 9.17) is 9.47 Å². The normalized spacial score (nSPS) is 20.6. The third-order valence-electron chi connectivity index (χ3n) is 5.20. The number of para-hydroxylation sites is 2. The van der Waals surface area contributed by atoms with E-state index in [1.54, 1.807) is 24.3 Å². The molecule has 0 saturated carbocycles. The molecule has 2 amide bonds. The van der Waals surface area contributed by atoms with Gasteiger partial charge in [-0.15, -0.1) is 0 Å². The summed E-state index contributed by atoms with van der Waals surface area (Å²) in [5, 5.41) is 0. The molecule has 4 rings (SSSR count). The van der Waals surface area contributed by atoms with Crippen molar-refractivity contribution >= 4 is 23.5 Å². The zero-order valence-electron chi connectivity index (χ0n) is 15.5. The number of hydrogen-bond acceptors (Lipinski definition) is 5. The molecule has 1 saturated heterocycles. The summed E-state index contributed by atoms with van der Waals surface area (Å²) in [6, 6.07) is 16.0. The molecule has 7 heteroatoms. The molecule has 0 aromatic heterocycles. The molecule has 2 aromatic carbocycles. The first-order chi connectivity index (χ1) is 13.6. The highest BCUT2D eigenvalue weighted by atomic mass is 16.6. The zero-order chi connectivity index (χ0) is 19.7. The van der Waals surface area contributed by atoms with E-state index in [2.05, 4.69) is 0 Å². The first kappa shape index (κ1) is 18.0. The summed E-state index contributed by atoms with van der Waals surface area (Å²) < 4.78 is 11.0. The van der Waals surface area contributed by atoms with Crippen LogP contribution in [0.4, 0.5) is 5.69 Å². The quantitative estimate of drug-likeness (QED) is 0.587. The minimum Gasteiger partial charge on any atom is -0.490 e. The number of hydrogen-bond donors (Lipinski definition) is 0. The first-order valence-electron chi connectivity index (χ1n) is 9.11. The molecule has 144 valence electrons. The van der Waals surface area contributed by atoms with Crippen molar-refractivity contribution in [2.45, 2.75) is 18.5 Å². The summed E-state index contributed by atoms with van der Waals surface area (Å²) >= 11 is 0. The molecule has 28 heavy (non-hydrogen) atoms. The van der Waals surface area contributed by atoms with E-state index >= 15 is 0 Å². The number of likely N-dealkylation sites (N-methyl/N-ethyl adjacent to an activating group) is 1. The minimum atomic E-state index is -1.45. The van der Waals surface area contributed by atoms with Crippen LogP contribution >= 0.6 is 0 Å². The molecule has 2 heterocycles. The molecule has 1 fully saturated rings. The Morgan fingerprint density at radius 3 is 2.54 bits per heavy atom. The third-order valence-corrected chi connectivity index (χ3v) is 5.20. The Kier molecular flexibility index (Phi) is 4.50. The molecule has 2 aliphatic rings.